The van der Waals surface area contributed by atoms with Crippen molar-refractivity contribution >= 4 is 17.7 Å². The summed E-state index contributed by atoms with van der Waals surface area (Å²) in [5.74, 6) is 0.283. The highest BCUT2D eigenvalue weighted by molar-refractivity contribution is 7.99. The van der Waals surface area contributed by atoms with Gasteiger partial charge in [-0.3, -0.25) is 9.59 Å². The predicted octanol–water partition coefficient (Wildman–Crippen LogP) is 4.09. The minimum absolute atomic E-state index is 0.209. The van der Waals surface area contributed by atoms with Gasteiger partial charge in [0.2, 0.25) is 0 Å². The average Bonchev–Trinajstić information content (AvgIpc) is 3.30. The number of hydrogen-bond donors (Lipinski definition) is 1. The van der Waals surface area contributed by atoms with E-state index in [4.69, 9.17) is 4.42 Å². The Hall–Kier alpha value is -3.65. The standard InChI is InChI=1S/C23H18FN3O3S/c24-17-5-9-20(10-6-17)31-21-11-12-22(28)27(26-21)18-7-3-16(4-8-18)23(29)25-14-13-19-2-1-15-30-19/h1-12,15H,13-14H2,(H,25,29). The summed E-state index contributed by atoms with van der Waals surface area (Å²) < 4.78 is 19.6. The molecule has 31 heavy (non-hydrogen) atoms. The van der Waals surface area contributed by atoms with Crippen LogP contribution in [0.15, 0.2) is 98.2 Å². The third kappa shape index (κ3) is 5.29. The molecule has 0 spiro atoms. The van der Waals surface area contributed by atoms with E-state index in [-0.39, 0.29) is 17.3 Å². The van der Waals surface area contributed by atoms with Gasteiger partial charge in [-0.1, -0.05) is 11.8 Å². The number of benzene rings is 2. The number of nitrogens with zero attached hydrogens (tertiary/aromatic N) is 2. The third-order valence-corrected chi connectivity index (χ3v) is 5.36. The molecule has 6 nitrogen and oxygen atoms in total. The van der Waals surface area contributed by atoms with E-state index in [1.807, 2.05) is 6.07 Å². The summed E-state index contributed by atoms with van der Waals surface area (Å²) in [6.45, 7) is 0.456. The van der Waals surface area contributed by atoms with Crippen molar-refractivity contribution in [1.29, 1.82) is 0 Å². The maximum absolute atomic E-state index is 13.1. The van der Waals surface area contributed by atoms with Crippen LogP contribution in [-0.2, 0) is 6.42 Å². The second kappa shape index (κ2) is 9.44. The molecule has 0 atom stereocenters. The lowest BCUT2D eigenvalue weighted by Gasteiger charge is -2.08. The Morgan fingerprint density at radius 3 is 2.52 bits per heavy atom. The van der Waals surface area contributed by atoms with Gasteiger partial charge in [-0.2, -0.15) is 9.78 Å². The number of halogens is 1. The highest BCUT2D eigenvalue weighted by Crippen LogP contribution is 2.25. The molecule has 156 valence electrons. The highest BCUT2D eigenvalue weighted by Gasteiger charge is 2.09. The zero-order chi connectivity index (χ0) is 21.6. The fourth-order valence-corrected chi connectivity index (χ4v) is 3.64. The van der Waals surface area contributed by atoms with Crippen molar-refractivity contribution in [3.05, 3.63) is 107 Å². The van der Waals surface area contributed by atoms with E-state index in [0.29, 0.717) is 29.2 Å². The molecular formula is C23H18FN3O3S. The maximum atomic E-state index is 13.1. The van der Waals surface area contributed by atoms with Gasteiger partial charge >= 0.3 is 0 Å². The number of carbonyl (C=O) groups excluding carboxylic acids is 1. The Bertz CT molecular complexity index is 1220. The molecule has 0 saturated carbocycles. The van der Waals surface area contributed by atoms with Crippen LogP contribution in [0.4, 0.5) is 4.39 Å². The largest absolute Gasteiger partial charge is 0.469 e. The molecule has 1 amide bonds. The van der Waals surface area contributed by atoms with Gasteiger partial charge < -0.3 is 9.73 Å². The van der Waals surface area contributed by atoms with E-state index < -0.39 is 0 Å². The molecule has 0 aliphatic heterocycles. The molecule has 8 heteroatoms. The summed E-state index contributed by atoms with van der Waals surface area (Å²) in [7, 11) is 0. The van der Waals surface area contributed by atoms with E-state index in [2.05, 4.69) is 10.4 Å². The Kier molecular flexibility index (Phi) is 6.28. The van der Waals surface area contributed by atoms with Gasteiger partial charge in [-0.05, 0) is 66.7 Å². The first-order valence-electron chi connectivity index (χ1n) is 9.53. The van der Waals surface area contributed by atoms with Crippen LogP contribution in [0.3, 0.4) is 0 Å². The fourth-order valence-electron chi connectivity index (χ4n) is 2.87. The number of furan rings is 1. The Morgan fingerprint density at radius 2 is 1.81 bits per heavy atom. The van der Waals surface area contributed by atoms with Crippen LogP contribution in [0, 0.1) is 5.82 Å². The average molecular weight is 435 g/mol. The van der Waals surface area contributed by atoms with Crippen molar-refractivity contribution in [1.82, 2.24) is 15.1 Å². The second-order valence-electron chi connectivity index (χ2n) is 6.61. The summed E-state index contributed by atoms with van der Waals surface area (Å²) in [5, 5.41) is 7.80. The van der Waals surface area contributed by atoms with Crippen LogP contribution in [0.1, 0.15) is 16.1 Å². The number of carbonyl (C=O) groups is 1. The summed E-state index contributed by atoms with van der Waals surface area (Å²) >= 11 is 1.32. The van der Waals surface area contributed by atoms with Gasteiger partial charge in [0.25, 0.3) is 11.5 Å². The van der Waals surface area contributed by atoms with E-state index in [1.54, 1.807) is 54.8 Å². The molecule has 0 radical (unpaired) electrons. The first-order chi connectivity index (χ1) is 15.1. The Morgan fingerprint density at radius 1 is 1.03 bits per heavy atom. The molecule has 0 saturated heterocycles. The van der Waals surface area contributed by atoms with Crippen LogP contribution >= 0.6 is 11.8 Å². The van der Waals surface area contributed by atoms with Gasteiger partial charge in [-0.15, -0.1) is 0 Å². The van der Waals surface area contributed by atoms with E-state index in [1.165, 1.54) is 34.6 Å². The Balaban J connectivity index is 1.44. The summed E-state index contributed by atoms with van der Waals surface area (Å²) in [6, 6.07) is 19.4. The molecule has 0 aliphatic rings. The number of hydrogen-bond acceptors (Lipinski definition) is 5. The maximum Gasteiger partial charge on any atom is 0.271 e. The molecular weight excluding hydrogens is 417 g/mol. The molecule has 0 fully saturated rings. The predicted molar refractivity (Wildman–Crippen MR) is 115 cm³/mol. The minimum Gasteiger partial charge on any atom is -0.469 e. The molecule has 2 heterocycles. The van der Waals surface area contributed by atoms with Crippen molar-refractivity contribution in [2.75, 3.05) is 6.54 Å². The van der Waals surface area contributed by atoms with Crippen molar-refractivity contribution < 1.29 is 13.6 Å². The summed E-state index contributed by atoms with van der Waals surface area (Å²) in [6.07, 6.45) is 2.20. The van der Waals surface area contributed by atoms with Crippen LogP contribution in [0.5, 0.6) is 0 Å². The fraction of sp³-hybridized carbons (Fsp3) is 0.0870. The van der Waals surface area contributed by atoms with Gasteiger partial charge in [0.05, 0.1) is 12.0 Å². The molecule has 0 aliphatic carbocycles. The highest BCUT2D eigenvalue weighted by atomic mass is 32.2. The van der Waals surface area contributed by atoms with Crippen molar-refractivity contribution in [3.8, 4) is 5.69 Å². The lowest BCUT2D eigenvalue weighted by atomic mass is 10.2. The number of nitrogens with one attached hydrogen (secondary N) is 1. The molecule has 2 aromatic carbocycles. The smallest absolute Gasteiger partial charge is 0.271 e. The van der Waals surface area contributed by atoms with Gasteiger partial charge in [0.15, 0.2) is 0 Å². The third-order valence-electron chi connectivity index (χ3n) is 4.42. The van der Waals surface area contributed by atoms with Crippen LogP contribution < -0.4 is 10.9 Å². The van der Waals surface area contributed by atoms with Crippen LogP contribution in [0.25, 0.3) is 5.69 Å². The van der Waals surface area contributed by atoms with Crippen molar-refractivity contribution in [2.45, 2.75) is 16.3 Å². The molecule has 1 N–H and O–H groups in total. The lowest BCUT2D eigenvalue weighted by Crippen LogP contribution is -2.25. The quantitative estimate of drug-likeness (QED) is 0.473. The zero-order valence-electron chi connectivity index (χ0n) is 16.3. The number of amides is 1. The van der Waals surface area contributed by atoms with Crippen molar-refractivity contribution in [3.63, 3.8) is 0 Å². The number of rotatable bonds is 7. The van der Waals surface area contributed by atoms with Crippen molar-refractivity contribution in [2.24, 2.45) is 0 Å². The minimum atomic E-state index is -0.313. The zero-order valence-corrected chi connectivity index (χ0v) is 17.1. The Labute approximate surface area is 181 Å². The summed E-state index contributed by atoms with van der Waals surface area (Å²) in [4.78, 5) is 25.4. The lowest BCUT2D eigenvalue weighted by molar-refractivity contribution is 0.0953. The normalized spacial score (nSPS) is 10.7. The van der Waals surface area contributed by atoms with E-state index >= 15 is 0 Å². The molecule has 4 aromatic rings. The summed E-state index contributed by atoms with van der Waals surface area (Å²) in [5.41, 5.74) is 0.728. The molecule has 0 bridgehead atoms. The van der Waals surface area contributed by atoms with Crippen LogP contribution in [0.2, 0.25) is 0 Å². The van der Waals surface area contributed by atoms with Gasteiger partial charge in [-0.25, -0.2) is 4.39 Å². The van der Waals surface area contributed by atoms with E-state index in [9.17, 15) is 14.0 Å². The van der Waals surface area contributed by atoms with Gasteiger partial charge in [0.1, 0.15) is 16.6 Å². The number of aromatic nitrogens is 2. The SMILES string of the molecule is O=C(NCCc1ccco1)c1ccc(-n2nc(Sc3ccc(F)cc3)ccc2=O)cc1. The topological polar surface area (TPSA) is 77.1 Å². The van der Waals surface area contributed by atoms with Crippen LogP contribution in [-0.4, -0.2) is 22.2 Å². The molecule has 0 unspecified atom stereocenters. The first-order valence-corrected chi connectivity index (χ1v) is 10.3. The van der Waals surface area contributed by atoms with Gasteiger partial charge in [0, 0.05) is 29.5 Å². The molecule has 2 aromatic heterocycles. The first kappa shape index (κ1) is 20.6. The molecule has 4 rings (SSSR count). The van der Waals surface area contributed by atoms with E-state index in [0.717, 1.165) is 10.7 Å². The monoisotopic (exact) mass is 435 g/mol. The second-order valence-corrected chi connectivity index (χ2v) is 7.70.